The van der Waals surface area contributed by atoms with Gasteiger partial charge >= 0.3 is 5.97 Å². The molecule has 216 valence electrons. The highest BCUT2D eigenvalue weighted by Gasteiger charge is 2.59. The molecule has 1 N–H and O–H groups in total. The number of carbonyl (C=O) groups excluding carboxylic acids is 2. The first-order chi connectivity index (χ1) is 19.5. The van der Waals surface area contributed by atoms with Gasteiger partial charge in [-0.3, -0.25) is 4.79 Å². The molecule has 9 nitrogen and oxygen atoms in total. The summed E-state index contributed by atoms with van der Waals surface area (Å²) >= 11 is 0. The van der Waals surface area contributed by atoms with E-state index in [9.17, 15) is 18.0 Å². The fourth-order valence-electron chi connectivity index (χ4n) is 5.67. The van der Waals surface area contributed by atoms with Crippen molar-refractivity contribution >= 4 is 21.7 Å². The van der Waals surface area contributed by atoms with E-state index in [2.05, 4.69) is 11.9 Å². The third-order valence-corrected chi connectivity index (χ3v) is 8.86. The zero-order chi connectivity index (χ0) is 29.5. The van der Waals surface area contributed by atoms with Gasteiger partial charge in [0.2, 0.25) is 0 Å². The number of hydrogen-bond donors (Lipinski definition) is 1. The Bertz CT molecular complexity index is 1610. The highest BCUT2D eigenvalue weighted by Crippen LogP contribution is 2.57. The van der Waals surface area contributed by atoms with Crippen LogP contribution in [-0.2, 0) is 24.9 Å². The SMILES string of the molecule is C=CS(=O)(=O)CCNC(=O)c1ccc2c(c1)C(=O)OC21c2cc(C)c(OCC)cc2OC2C=C(OCC)C(C)=CC21. The van der Waals surface area contributed by atoms with Gasteiger partial charge in [0, 0.05) is 34.7 Å². The van der Waals surface area contributed by atoms with Crippen molar-refractivity contribution in [3.8, 4) is 11.5 Å². The minimum absolute atomic E-state index is 0.0901. The molecule has 0 radical (unpaired) electrons. The maximum atomic E-state index is 13.5. The number of esters is 1. The average molecular weight is 580 g/mol. The molecule has 2 aromatic carbocycles. The number of carbonyl (C=O) groups is 2. The second-order valence-corrected chi connectivity index (χ2v) is 12.2. The van der Waals surface area contributed by atoms with Crippen LogP contribution in [0.25, 0.3) is 0 Å². The van der Waals surface area contributed by atoms with E-state index in [0.29, 0.717) is 41.6 Å². The maximum absolute atomic E-state index is 13.5. The van der Waals surface area contributed by atoms with E-state index < -0.39 is 39.3 Å². The van der Waals surface area contributed by atoms with Crippen molar-refractivity contribution in [3.05, 3.63) is 93.6 Å². The summed E-state index contributed by atoms with van der Waals surface area (Å²) in [5, 5.41) is 3.45. The number of nitrogens with one attached hydrogen (secondary N) is 1. The molecule has 3 atom stereocenters. The molecule has 41 heavy (non-hydrogen) atoms. The normalized spacial score (nSPS) is 22.3. The van der Waals surface area contributed by atoms with E-state index >= 15 is 0 Å². The molecular formula is C31H33NO8S. The first-order valence-electron chi connectivity index (χ1n) is 13.5. The number of aryl methyl sites for hydroxylation is 1. The number of allylic oxidation sites excluding steroid dienone is 1. The molecule has 2 heterocycles. The number of benzene rings is 2. The van der Waals surface area contributed by atoms with E-state index in [1.165, 1.54) is 6.07 Å². The van der Waals surface area contributed by atoms with Crippen LogP contribution in [0.1, 0.15) is 58.2 Å². The van der Waals surface area contributed by atoms with E-state index in [1.54, 1.807) is 12.1 Å². The lowest BCUT2D eigenvalue weighted by Crippen LogP contribution is -2.49. The van der Waals surface area contributed by atoms with Crippen molar-refractivity contribution in [1.29, 1.82) is 0 Å². The molecule has 0 saturated heterocycles. The molecule has 1 aliphatic carbocycles. The van der Waals surface area contributed by atoms with Crippen molar-refractivity contribution in [2.75, 3.05) is 25.5 Å². The Kier molecular flexibility index (Phi) is 7.46. The lowest BCUT2D eigenvalue weighted by molar-refractivity contribution is -0.0431. The van der Waals surface area contributed by atoms with Crippen LogP contribution in [0.2, 0.25) is 0 Å². The third-order valence-electron chi connectivity index (χ3n) is 7.58. The van der Waals surface area contributed by atoms with Crippen LogP contribution < -0.4 is 14.8 Å². The molecule has 0 bridgehead atoms. The third kappa shape index (κ3) is 4.90. The summed E-state index contributed by atoms with van der Waals surface area (Å²) in [7, 11) is -3.46. The van der Waals surface area contributed by atoms with Gasteiger partial charge in [-0.05, 0) is 63.1 Å². The molecule has 1 spiro atoms. The van der Waals surface area contributed by atoms with Gasteiger partial charge in [-0.1, -0.05) is 18.7 Å². The molecule has 10 heteroatoms. The molecule has 5 rings (SSSR count). The molecule has 2 aromatic rings. The van der Waals surface area contributed by atoms with E-state index in [4.69, 9.17) is 18.9 Å². The Morgan fingerprint density at radius 2 is 1.85 bits per heavy atom. The number of amides is 1. The van der Waals surface area contributed by atoms with Crippen LogP contribution in [0.4, 0.5) is 0 Å². The maximum Gasteiger partial charge on any atom is 0.339 e. The zero-order valence-electron chi connectivity index (χ0n) is 23.5. The summed E-state index contributed by atoms with van der Waals surface area (Å²) in [6.07, 6.45) is 3.44. The van der Waals surface area contributed by atoms with Gasteiger partial charge in [-0.25, -0.2) is 13.2 Å². The number of ether oxygens (including phenoxy) is 4. The minimum atomic E-state index is -3.46. The molecule has 0 aromatic heterocycles. The lowest BCUT2D eigenvalue weighted by Gasteiger charge is -2.45. The lowest BCUT2D eigenvalue weighted by atomic mass is 9.69. The highest BCUT2D eigenvalue weighted by molar-refractivity contribution is 7.94. The van der Waals surface area contributed by atoms with Crippen LogP contribution in [0.5, 0.6) is 11.5 Å². The van der Waals surface area contributed by atoms with Gasteiger partial charge in [0.25, 0.3) is 5.91 Å². The van der Waals surface area contributed by atoms with Gasteiger partial charge in [-0.2, -0.15) is 0 Å². The van der Waals surface area contributed by atoms with Gasteiger partial charge < -0.3 is 24.3 Å². The summed E-state index contributed by atoms with van der Waals surface area (Å²) in [5.74, 6) is 0.167. The summed E-state index contributed by atoms with van der Waals surface area (Å²) in [4.78, 5) is 26.4. The zero-order valence-corrected chi connectivity index (χ0v) is 24.3. The molecule has 1 amide bonds. The molecule has 2 aliphatic heterocycles. The fraction of sp³-hybridized carbons (Fsp3) is 0.355. The van der Waals surface area contributed by atoms with Crippen LogP contribution in [0.15, 0.2) is 65.8 Å². The Hall–Kier alpha value is -4.05. The highest BCUT2D eigenvalue weighted by atomic mass is 32.2. The summed E-state index contributed by atoms with van der Waals surface area (Å²) < 4.78 is 47.9. The standard InChI is InChI=1S/C31H33NO8S/c1-6-37-25-16-27-23(13-18(25)4)31(24-14-19(5)26(38-7-2)17-28(24)39-27)22-10-9-20(15-21(22)30(34)40-31)29(33)32-11-12-41(35,36)8-3/h8-10,13-17,23,27H,3,6-7,11-12H2,1-2,4-5H3,(H,32,33). The quantitative estimate of drug-likeness (QED) is 0.436. The minimum Gasteiger partial charge on any atom is -0.494 e. The van der Waals surface area contributed by atoms with Crippen molar-refractivity contribution in [3.63, 3.8) is 0 Å². The van der Waals surface area contributed by atoms with Gasteiger partial charge in [0.15, 0.2) is 15.4 Å². The topological polar surface area (TPSA) is 117 Å². The summed E-state index contributed by atoms with van der Waals surface area (Å²) in [5.41, 5.74) is 2.34. The Morgan fingerprint density at radius 1 is 1.10 bits per heavy atom. The van der Waals surface area contributed by atoms with E-state index in [1.807, 2.05) is 52.0 Å². The van der Waals surface area contributed by atoms with Crippen LogP contribution in [0.3, 0.4) is 0 Å². The molecule has 0 fully saturated rings. The average Bonchev–Trinajstić information content (AvgIpc) is 3.23. The van der Waals surface area contributed by atoms with E-state index in [-0.39, 0.29) is 23.4 Å². The first kappa shape index (κ1) is 28.5. The number of fused-ring (bicyclic) bond motifs is 6. The van der Waals surface area contributed by atoms with E-state index in [0.717, 1.165) is 16.5 Å². The molecule has 3 aliphatic rings. The number of hydrogen-bond acceptors (Lipinski definition) is 8. The summed E-state index contributed by atoms with van der Waals surface area (Å²) in [6, 6.07) is 8.61. The van der Waals surface area contributed by atoms with Crippen LogP contribution in [0, 0.1) is 12.8 Å². The van der Waals surface area contributed by atoms with Crippen molar-refractivity contribution in [2.45, 2.75) is 39.4 Å². The molecule has 0 saturated carbocycles. The second-order valence-electron chi connectivity index (χ2n) is 10.1. The van der Waals surface area contributed by atoms with Crippen molar-refractivity contribution in [2.24, 2.45) is 5.92 Å². The molecule has 3 unspecified atom stereocenters. The summed E-state index contributed by atoms with van der Waals surface area (Å²) in [6.45, 7) is 11.9. The first-order valence-corrected chi connectivity index (χ1v) is 15.2. The number of rotatable bonds is 9. The van der Waals surface area contributed by atoms with Gasteiger partial charge in [0.1, 0.15) is 23.4 Å². The second kappa shape index (κ2) is 10.7. The predicted octanol–water partition coefficient (Wildman–Crippen LogP) is 4.35. The predicted molar refractivity (Wildman–Crippen MR) is 153 cm³/mol. The van der Waals surface area contributed by atoms with Crippen LogP contribution >= 0.6 is 0 Å². The Morgan fingerprint density at radius 3 is 2.56 bits per heavy atom. The monoisotopic (exact) mass is 579 g/mol. The van der Waals surface area contributed by atoms with Crippen LogP contribution in [-0.4, -0.2) is 51.9 Å². The Labute approximate surface area is 239 Å². The van der Waals surface area contributed by atoms with Crippen molar-refractivity contribution < 1.29 is 37.0 Å². The van der Waals surface area contributed by atoms with Gasteiger partial charge in [0.05, 0.1) is 30.4 Å². The molecular weight excluding hydrogens is 546 g/mol. The smallest absolute Gasteiger partial charge is 0.339 e. The van der Waals surface area contributed by atoms with Gasteiger partial charge in [-0.15, -0.1) is 0 Å². The number of sulfone groups is 1. The van der Waals surface area contributed by atoms with Crippen molar-refractivity contribution in [1.82, 2.24) is 5.32 Å². The fourth-order valence-corrected chi connectivity index (χ4v) is 6.23. The largest absolute Gasteiger partial charge is 0.494 e. The Balaban J connectivity index is 1.60.